The number of benzene rings is 1. The molecule has 0 radical (unpaired) electrons. The van der Waals surface area contributed by atoms with E-state index in [0.29, 0.717) is 5.56 Å². The molecule has 7 heteroatoms. The number of ether oxygens (including phenoxy) is 1. The van der Waals surface area contributed by atoms with Crippen molar-refractivity contribution in [3.05, 3.63) is 53.6 Å². The number of aromatic nitrogens is 2. The third-order valence-corrected chi connectivity index (χ3v) is 3.84. The van der Waals surface area contributed by atoms with E-state index in [1.165, 1.54) is 13.2 Å². The lowest BCUT2D eigenvalue weighted by Crippen LogP contribution is -2.35. The molecule has 1 N–H and O–H groups in total. The Morgan fingerprint density at radius 2 is 2.00 bits per heavy atom. The van der Waals surface area contributed by atoms with E-state index in [0.717, 1.165) is 0 Å². The number of nitrogens with zero attached hydrogens (tertiary/aromatic N) is 2. The molecule has 1 aromatic heterocycles. The maximum Gasteiger partial charge on any atom is 0.310 e. The average Bonchev–Trinajstić information content (AvgIpc) is 3.09. The summed E-state index contributed by atoms with van der Waals surface area (Å²) in [5.74, 6) is -1.96. The first-order chi connectivity index (χ1) is 11.9. The number of carbonyl (C=O) groups is 2. The SMILES string of the molecule is COC(=O)[C@H](CNC(=O)c1ccn(C(C)C)n1)Cc1ccccc1F. The normalized spacial score (nSPS) is 12.0. The number of amides is 1. The van der Waals surface area contributed by atoms with Gasteiger partial charge in [-0.1, -0.05) is 18.2 Å². The summed E-state index contributed by atoms with van der Waals surface area (Å²) in [5.41, 5.74) is 0.666. The molecule has 0 aliphatic rings. The van der Waals surface area contributed by atoms with Crippen molar-refractivity contribution in [2.75, 3.05) is 13.7 Å². The number of esters is 1. The minimum absolute atomic E-state index is 0.0361. The lowest BCUT2D eigenvalue weighted by atomic mass is 9.99. The highest BCUT2D eigenvalue weighted by atomic mass is 19.1. The Balaban J connectivity index is 2.03. The molecule has 0 saturated heterocycles. The number of nitrogens with one attached hydrogen (secondary N) is 1. The first kappa shape index (κ1) is 18.6. The number of hydrogen-bond donors (Lipinski definition) is 1. The fourth-order valence-corrected chi connectivity index (χ4v) is 2.39. The zero-order chi connectivity index (χ0) is 18.4. The summed E-state index contributed by atoms with van der Waals surface area (Å²) in [5, 5.41) is 6.85. The van der Waals surface area contributed by atoms with Crippen molar-refractivity contribution in [2.45, 2.75) is 26.3 Å². The van der Waals surface area contributed by atoms with Crippen LogP contribution in [0.5, 0.6) is 0 Å². The van der Waals surface area contributed by atoms with Crippen LogP contribution in [0.15, 0.2) is 36.5 Å². The molecule has 0 spiro atoms. The lowest BCUT2D eigenvalue weighted by Gasteiger charge is -2.15. The van der Waals surface area contributed by atoms with Gasteiger partial charge in [0.1, 0.15) is 11.5 Å². The van der Waals surface area contributed by atoms with Crippen molar-refractivity contribution in [2.24, 2.45) is 5.92 Å². The third-order valence-electron chi connectivity index (χ3n) is 3.84. The average molecular weight is 347 g/mol. The Bertz CT molecular complexity index is 743. The molecule has 6 nitrogen and oxygen atoms in total. The van der Waals surface area contributed by atoms with Gasteiger partial charge in [0.25, 0.3) is 5.91 Å². The zero-order valence-electron chi connectivity index (χ0n) is 14.5. The first-order valence-corrected chi connectivity index (χ1v) is 8.07. The molecule has 1 amide bonds. The lowest BCUT2D eigenvalue weighted by molar-refractivity contribution is -0.145. The molecule has 25 heavy (non-hydrogen) atoms. The van der Waals surface area contributed by atoms with Crippen LogP contribution in [-0.4, -0.2) is 35.3 Å². The van der Waals surface area contributed by atoms with Crippen molar-refractivity contribution < 1.29 is 18.7 Å². The van der Waals surface area contributed by atoms with Crippen LogP contribution in [0.2, 0.25) is 0 Å². The van der Waals surface area contributed by atoms with Gasteiger partial charge in [0.2, 0.25) is 0 Å². The van der Waals surface area contributed by atoms with Gasteiger partial charge in [0, 0.05) is 18.8 Å². The van der Waals surface area contributed by atoms with Crippen LogP contribution in [0.3, 0.4) is 0 Å². The van der Waals surface area contributed by atoms with Gasteiger partial charge in [-0.3, -0.25) is 14.3 Å². The van der Waals surface area contributed by atoms with Gasteiger partial charge >= 0.3 is 5.97 Å². The van der Waals surface area contributed by atoms with Crippen molar-refractivity contribution in [1.29, 1.82) is 0 Å². The molecule has 0 saturated carbocycles. The fourth-order valence-electron chi connectivity index (χ4n) is 2.39. The summed E-state index contributed by atoms with van der Waals surface area (Å²) in [6.07, 6.45) is 1.86. The van der Waals surface area contributed by atoms with Crippen LogP contribution < -0.4 is 5.32 Å². The largest absolute Gasteiger partial charge is 0.469 e. The maximum absolute atomic E-state index is 13.8. The Kier molecular flexibility index (Phi) is 6.27. The van der Waals surface area contributed by atoms with E-state index in [1.807, 2.05) is 13.8 Å². The minimum atomic E-state index is -0.682. The molecule has 1 heterocycles. The van der Waals surface area contributed by atoms with Gasteiger partial charge in [0.05, 0.1) is 13.0 Å². The van der Waals surface area contributed by atoms with E-state index in [1.54, 1.807) is 35.1 Å². The number of rotatable bonds is 7. The predicted octanol–water partition coefficient (Wildman–Crippen LogP) is 2.36. The van der Waals surface area contributed by atoms with Gasteiger partial charge < -0.3 is 10.1 Å². The Morgan fingerprint density at radius 1 is 1.28 bits per heavy atom. The molecule has 0 fully saturated rings. The second-order valence-electron chi connectivity index (χ2n) is 6.00. The standard InChI is InChI=1S/C18H22FN3O3/c1-12(2)22-9-8-16(21-22)17(23)20-11-14(18(24)25-3)10-13-6-4-5-7-15(13)19/h4-9,12,14H,10-11H2,1-3H3,(H,20,23)/t14-/m0/s1. The first-order valence-electron chi connectivity index (χ1n) is 8.07. The van der Waals surface area contributed by atoms with Gasteiger partial charge in [0.15, 0.2) is 0 Å². The summed E-state index contributed by atoms with van der Waals surface area (Å²) >= 11 is 0. The molecule has 2 aromatic rings. The molecular formula is C18H22FN3O3. The molecule has 0 unspecified atom stereocenters. The van der Waals surface area contributed by atoms with Crippen LogP contribution in [0.1, 0.15) is 35.9 Å². The highest BCUT2D eigenvalue weighted by Crippen LogP contribution is 2.14. The van der Waals surface area contributed by atoms with Crippen LogP contribution >= 0.6 is 0 Å². The van der Waals surface area contributed by atoms with Crippen LogP contribution in [0.25, 0.3) is 0 Å². The molecule has 134 valence electrons. The van der Waals surface area contributed by atoms with Crippen LogP contribution in [0.4, 0.5) is 4.39 Å². The van der Waals surface area contributed by atoms with E-state index >= 15 is 0 Å². The Labute approximate surface area is 146 Å². The van der Waals surface area contributed by atoms with Gasteiger partial charge in [-0.2, -0.15) is 5.10 Å². The highest BCUT2D eigenvalue weighted by molar-refractivity contribution is 5.92. The van der Waals surface area contributed by atoms with Crippen molar-refractivity contribution in [1.82, 2.24) is 15.1 Å². The smallest absolute Gasteiger partial charge is 0.310 e. The summed E-state index contributed by atoms with van der Waals surface area (Å²) in [4.78, 5) is 24.2. The van der Waals surface area contributed by atoms with E-state index < -0.39 is 17.7 Å². The highest BCUT2D eigenvalue weighted by Gasteiger charge is 2.22. The van der Waals surface area contributed by atoms with Gasteiger partial charge in [-0.05, 0) is 38.0 Å². The van der Waals surface area contributed by atoms with Crippen molar-refractivity contribution >= 4 is 11.9 Å². The van der Waals surface area contributed by atoms with E-state index in [-0.39, 0.29) is 30.6 Å². The fraction of sp³-hybridized carbons (Fsp3) is 0.389. The molecule has 1 atom stereocenters. The van der Waals surface area contributed by atoms with Crippen molar-refractivity contribution in [3.8, 4) is 0 Å². The minimum Gasteiger partial charge on any atom is -0.469 e. The van der Waals surface area contributed by atoms with E-state index in [2.05, 4.69) is 10.4 Å². The molecule has 1 aromatic carbocycles. The Hall–Kier alpha value is -2.70. The quantitative estimate of drug-likeness (QED) is 0.781. The second-order valence-corrected chi connectivity index (χ2v) is 6.00. The summed E-state index contributed by atoms with van der Waals surface area (Å²) < 4.78 is 20.2. The van der Waals surface area contributed by atoms with E-state index in [9.17, 15) is 14.0 Å². The summed E-state index contributed by atoms with van der Waals surface area (Å²) in [7, 11) is 1.27. The zero-order valence-corrected chi connectivity index (χ0v) is 14.5. The maximum atomic E-state index is 13.8. The Morgan fingerprint density at radius 3 is 2.60 bits per heavy atom. The summed E-state index contributed by atoms with van der Waals surface area (Å²) in [6, 6.07) is 7.98. The number of hydrogen-bond acceptors (Lipinski definition) is 4. The van der Waals surface area contributed by atoms with Crippen molar-refractivity contribution in [3.63, 3.8) is 0 Å². The number of halogens is 1. The van der Waals surface area contributed by atoms with Gasteiger partial charge in [-0.25, -0.2) is 4.39 Å². The topological polar surface area (TPSA) is 73.2 Å². The second kappa shape index (κ2) is 8.41. The third kappa shape index (κ3) is 4.89. The number of carbonyl (C=O) groups excluding carboxylic acids is 2. The van der Waals surface area contributed by atoms with E-state index in [4.69, 9.17) is 4.74 Å². The molecule has 0 bridgehead atoms. The monoisotopic (exact) mass is 347 g/mol. The predicted molar refractivity (Wildman–Crippen MR) is 90.6 cm³/mol. The molecular weight excluding hydrogens is 325 g/mol. The number of methoxy groups -OCH3 is 1. The van der Waals surface area contributed by atoms with Crippen LogP contribution in [0, 0.1) is 11.7 Å². The van der Waals surface area contributed by atoms with Gasteiger partial charge in [-0.15, -0.1) is 0 Å². The summed E-state index contributed by atoms with van der Waals surface area (Å²) in [6.45, 7) is 3.95. The molecule has 0 aliphatic heterocycles. The molecule has 0 aliphatic carbocycles. The molecule has 2 rings (SSSR count). The van der Waals surface area contributed by atoms with Crippen LogP contribution in [-0.2, 0) is 16.0 Å².